The molecule has 5 rings (SSSR count). The van der Waals surface area contributed by atoms with Crippen LogP contribution in [0.15, 0.2) is 108 Å². The molecule has 0 bridgehead atoms. The first-order valence-electron chi connectivity index (χ1n) is 13.5. The molecule has 0 atom stereocenters. The van der Waals surface area contributed by atoms with Gasteiger partial charge in [0.1, 0.15) is 5.75 Å². The van der Waals surface area contributed by atoms with Crippen molar-refractivity contribution in [1.29, 1.82) is 0 Å². The quantitative estimate of drug-likeness (QED) is 0.166. The van der Waals surface area contributed by atoms with Crippen LogP contribution in [0.4, 0.5) is 0 Å². The average Bonchev–Trinajstić information content (AvgIpc) is 2.99. The standard InChI is InChI=1S/C34H35NO.2ClH.Zr/c1-25-18-20-31(21-19-25)35-24-28-22-27(26-12-6-3-7-13-26)23-32(33(28)36)34(2,29-14-8-4-9-15-29)30-16-10-5-11-17-30;;;/h3-17,22-25,31,36H,18-21H2,1-2H3;2*1H;/q;;;+2/p-2. The number of hydrogen-bond acceptors (Lipinski definition) is 2. The number of nitrogens with zero attached hydrogens (tertiary/aromatic N) is 1. The van der Waals surface area contributed by atoms with E-state index in [0.717, 1.165) is 52.1 Å². The van der Waals surface area contributed by atoms with Crippen LogP contribution in [-0.4, -0.2) is 17.4 Å². The van der Waals surface area contributed by atoms with Gasteiger partial charge in [-0.2, -0.15) is 0 Å². The van der Waals surface area contributed by atoms with Crippen molar-refractivity contribution in [2.45, 2.75) is 51.0 Å². The van der Waals surface area contributed by atoms with Crippen LogP contribution in [0.5, 0.6) is 5.75 Å². The van der Waals surface area contributed by atoms with Gasteiger partial charge in [0.15, 0.2) is 0 Å². The number of phenols is 1. The Labute approximate surface area is 251 Å². The first-order chi connectivity index (χ1) is 19.0. The van der Waals surface area contributed by atoms with E-state index in [2.05, 4.69) is 98.8 Å². The van der Waals surface area contributed by atoms with Crippen LogP contribution in [-0.2, 0) is 26.3 Å². The summed E-state index contributed by atoms with van der Waals surface area (Å²) in [6.07, 6.45) is 6.61. The molecule has 5 heteroatoms. The third-order valence-corrected chi connectivity index (χ3v) is 7.90. The molecule has 4 aromatic rings. The van der Waals surface area contributed by atoms with Gasteiger partial charge in [-0.25, -0.2) is 0 Å². The van der Waals surface area contributed by atoms with Crippen molar-refractivity contribution in [3.8, 4) is 16.9 Å². The Hall–Kier alpha value is -2.19. The van der Waals surface area contributed by atoms with E-state index >= 15 is 0 Å². The Morgan fingerprint density at radius 3 is 1.77 bits per heavy atom. The van der Waals surface area contributed by atoms with E-state index in [1.54, 1.807) is 0 Å². The zero-order valence-electron chi connectivity index (χ0n) is 22.5. The zero-order valence-corrected chi connectivity index (χ0v) is 26.5. The molecule has 0 aliphatic heterocycles. The van der Waals surface area contributed by atoms with E-state index in [0.29, 0.717) is 11.8 Å². The van der Waals surface area contributed by atoms with Gasteiger partial charge in [-0.05, 0) is 72.9 Å². The molecule has 0 saturated heterocycles. The van der Waals surface area contributed by atoms with Gasteiger partial charge in [0.05, 0.1) is 0 Å². The van der Waals surface area contributed by atoms with Crippen LogP contribution in [0.25, 0.3) is 11.1 Å². The van der Waals surface area contributed by atoms with E-state index in [1.807, 2.05) is 24.4 Å². The fourth-order valence-electron chi connectivity index (χ4n) is 5.53. The first kappa shape index (κ1) is 29.8. The number of rotatable bonds is 6. The van der Waals surface area contributed by atoms with Gasteiger partial charge in [0.2, 0.25) is 0 Å². The summed E-state index contributed by atoms with van der Waals surface area (Å²) < 4.78 is 0. The number of aliphatic imine (C=N–C) groups is 1. The summed E-state index contributed by atoms with van der Waals surface area (Å²) in [4.78, 5) is 4.97. The molecule has 0 amide bonds. The minimum atomic E-state index is -0.826. The Kier molecular flexibility index (Phi) is 11.0. The van der Waals surface area contributed by atoms with E-state index in [-0.39, 0.29) is 0 Å². The fraction of sp³-hybridized carbons (Fsp3) is 0.265. The summed E-state index contributed by atoms with van der Waals surface area (Å²) in [5, 5.41) is 11.8. The predicted molar refractivity (Wildman–Crippen MR) is 163 cm³/mol. The van der Waals surface area contributed by atoms with Crippen LogP contribution in [0.3, 0.4) is 0 Å². The van der Waals surface area contributed by atoms with Crippen LogP contribution >= 0.6 is 17.0 Å². The molecule has 1 aliphatic rings. The molecule has 0 aromatic heterocycles. The molecule has 200 valence electrons. The molecule has 1 N–H and O–H groups in total. The second kappa shape index (κ2) is 14.4. The summed E-state index contributed by atoms with van der Waals surface area (Å²) >= 11 is -0.826. The van der Waals surface area contributed by atoms with Crippen LogP contribution in [0.2, 0.25) is 0 Å². The Bertz CT molecular complexity index is 1300. The van der Waals surface area contributed by atoms with E-state index < -0.39 is 26.3 Å². The second-order valence-corrected chi connectivity index (χ2v) is 14.2. The number of phenolic OH excluding ortho intramolecular Hbond substituents is 1. The topological polar surface area (TPSA) is 32.6 Å². The van der Waals surface area contributed by atoms with Gasteiger partial charge >= 0.3 is 37.9 Å². The fourth-order valence-corrected chi connectivity index (χ4v) is 5.53. The number of hydrogen-bond donors (Lipinski definition) is 1. The summed E-state index contributed by atoms with van der Waals surface area (Å²) in [5.41, 5.74) is 5.62. The van der Waals surface area contributed by atoms with Crippen molar-refractivity contribution in [2.75, 3.05) is 0 Å². The van der Waals surface area contributed by atoms with Gasteiger partial charge in [-0.3, -0.25) is 4.99 Å². The molecule has 0 unspecified atom stereocenters. The molecular weight excluding hydrogens is 601 g/mol. The van der Waals surface area contributed by atoms with Crippen molar-refractivity contribution in [3.63, 3.8) is 0 Å². The molecule has 4 aromatic carbocycles. The van der Waals surface area contributed by atoms with Gasteiger partial charge in [0, 0.05) is 28.8 Å². The van der Waals surface area contributed by atoms with Gasteiger partial charge in [-0.15, -0.1) is 0 Å². The molecule has 39 heavy (non-hydrogen) atoms. The molecular formula is C34H35Cl2NOZr. The third-order valence-electron chi connectivity index (χ3n) is 7.90. The summed E-state index contributed by atoms with van der Waals surface area (Å²) in [6.45, 7) is 4.54. The number of benzene rings is 4. The monoisotopic (exact) mass is 633 g/mol. The molecule has 1 fully saturated rings. The third kappa shape index (κ3) is 7.32. The second-order valence-electron chi connectivity index (χ2n) is 10.4. The molecule has 0 radical (unpaired) electrons. The molecule has 2 nitrogen and oxygen atoms in total. The normalized spacial score (nSPS) is 17.3. The minimum absolute atomic E-state index is 0.304. The summed E-state index contributed by atoms with van der Waals surface area (Å²) in [5.74, 6) is 1.09. The zero-order chi connectivity index (χ0) is 27.7. The van der Waals surface area contributed by atoms with Crippen molar-refractivity contribution < 1.29 is 26.0 Å². The first-order valence-corrected chi connectivity index (χ1v) is 19.8. The Morgan fingerprint density at radius 1 is 0.769 bits per heavy atom. The van der Waals surface area contributed by atoms with Crippen molar-refractivity contribution in [2.24, 2.45) is 10.9 Å². The van der Waals surface area contributed by atoms with Gasteiger partial charge < -0.3 is 5.11 Å². The SMILES string of the molecule is CC1CCC(N=Cc2cc(-c3ccccc3)cc(C(C)(c3ccccc3)c3ccccc3)c2O)CC1.[Cl][Zr][Cl]. The Balaban J connectivity index is 0.00000112. The molecule has 1 aliphatic carbocycles. The van der Waals surface area contributed by atoms with Crippen molar-refractivity contribution >= 4 is 23.2 Å². The Morgan fingerprint density at radius 2 is 1.26 bits per heavy atom. The summed E-state index contributed by atoms with van der Waals surface area (Å²) in [7, 11) is 9.87. The number of halogens is 2. The van der Waals surface area contributed by atoms with E-state index in [9.17, 15) is 5.11 Å². The van der Waals surface area contributed by atoms with E-state index in [4.69, 9.17) is 22.0 Å². The van der Waals surface area contributed by atoms with Gasteiger partial charge in [0.25, 0.3) is 0 Å². The predicted octanol–water partition coefficient (Wildman–Crippen LogP) is 9.79. The maximum absolute atomic E-state index is 11.8. The maximum atomic E-state index is 11.8. The number of aromatic hydroxyl groups is 1. The van der Waals surface area contributed by atoms with Gasteiger partial charge in [-0.1, -0.05) is 97.9 Å². The molecule has 1 saturated carbocycles. The van der Waals surface area contributed by atoms with Crippen LogP contribution < -0.4 is 0 Å². The summed E-state index contributed by atoms with van der Waals surface area (Å²) in [6, 6.07) is 36.0. The van der Waals surface area contributed by atoms with Crippen molar-refractivity contribution in [3.05, 3.63) is 125 Å². The molecule has 0 spiro atoms. The van der Waals surface area contributed by atoms with Crippen molar-refractivity contribution in [1.82, 2.24) is 0 Å². The molecule has 0 heterocycles. The van der Waals surface area contributed by atoms with E-state index in [1.165, 1.54) is 12.8 Å². The average molecular weight is 636 g/mol. The van der Waals surface area contributed by atoms with Crippen LogP contribution in [0, 0.1) is 5.92 Å². The van der Waals surface area contributed by atoms with Crippen LogP contribution in [0.1, 0.15) is 61.8 Å².